The molecule has 0 bridgehead atoms. The highest BCUT2D eigenvalue weighted by Crippen LogP contribution is 2.33. The highest BCUT2D eigenvalue weighted by atomic mass is 19.1. The predicted molar refractivity (Wildman–Crippen MR) is 170 cm³/mol. The number of carbonyl (C=O) groups excluding carboxylic acids is 2. The van der Waals surface area contributed by atoms with Gasteiger partial charge in [0.25, 0.3) is 5.91 Å². The van der Waals surface area contributed by atoms with E-state index in [2.05, 4.69) is 23.0 Å². The molecule has 0 aliphatic carbocycles. The molecule has 10 heteroatoms. The Hall–Kier alpha value is -3.50. The highest BCUT2D eigenvalue weighted by Gasteiger charge is 2.29. The lowest BCUT2D eigenvalue weighted by molar-refractivity contribution is -0.0780. The number of hydrogen-bond acceptors (Lipinski definition) is 5. The molecule has 9 nitrogen and oxygen atoms in total. The first-order valence-electron chi connectivity index (χ1n) is 15.9. The number of aromatic nitrogens is 2. The molecule has 0 N–H and O–H groups in total. The zero-order valence-electron chi connectivity index (χ0n) is 27.1. The Balaban J connectivity index is 1.27. The molecule has 0 radical (unpaired) electrons. The Morgan fingerprint density at radius 2 is 1.73 bits per heavy atom. The Labute approximate surface area is 260 Å². The molecular weight excluding hydrogens is 559 g/mol. The Bertz CT molecular complexity index is 1470. The van der Waals surface area contributed by atoms with Gasteiger partial charge in [-0.3, -0.25) is 14.6 Å². The van der Waals surface area contributed by atoms with Crippen molar-refractivity contribution in [2.45, 2.75) is 58.9 Å². The molecule has 3 aromatic rings. The second-order valence-electron chi connectivity index (χ2n) is 12.9. The van der Waals surface area contributed by atoms with E-state index in [0.717, 1.165) is 75.9 Å². The van der Waals surface area contributed by atoms with Crippen molar-refractivity contribution < 1.29 is 18.8 Å². The van der Waals surface area contributed by atoms with Crippen LogP contribution in [0.3, 0.4) is 0 Å². The van der Waals surface area contributed by atoms with Crippen molar-refractivity contribution in [3.05, 3.63) is 59.3 Å². The third-order valence-corrected chi connectivity index (χ3v) is 9.68. The number of likely N-dealkylation sites (tertiary alicyclic amines) is 2. The molecule has 4 heterocycles. The van der Waals surface area contributed by atoms with Gasteiger partial charge in [0.15, 0.2) is 0 Å². The van der Waals surface area contributed by atoms with Crippen molar-refractivity contribution in [1.29, 1.82) is 0 Å². The SMILES string of the molecule is CON(C)C(=O)N1CCC(CN2CCC(Cc3cn(-c4ccc(F)cc4C(=O)N(C)C(C)C)c4cncc(C)c34)CC2)CC1. The molecule has 2 saturated heterocycles. The van der Waals surface area contributed by atoms with E-state index in [4.69, 9.17) is 4.84 Å². The van der Waals surface area contributed by atoms with Crippen LogP contribution in [-0.4, -0.2) is 101 Å². The lowest BCUT2D eigenvalue weighted by Gasteiger charge is -2.38. The number of nitrogens with zero attached hydrogens (tertiary/aromatic N) is 6. The number of hydrogen-bond donors (Lipinski definition) is 0. The molecule has 2 aliphatic rings. The summed E-state index contributed by atoms with van der Waals surface area (Å²) in [4.78, 5) is 41.5. The number of benzene rings is 1. The van der Waals surface area contributed by atoms with Crippen LogP contribution >= 0.6 is 0 Å². The van der Waals surface area contributed by atoms with Crippen LogP contribution in [0.5, 0.6) is 0 Å². The van der Waals surface area contributed by atoms with E-state index in [9.17, 15) is 14.0 Å². The predicted octanol–water partition coefficient (Wildman–Crippen LogP) is 5.53. The van der Waals surface area contributed by atoms with Crippen LogP contribution in [0.1, 0.15) is 61.0 Å². The second-order valence-corrected chi connectivity index (χ2v) is 12.9. The fourth-order valence-corrected chi connectivity index (χ4v) is 6.74. The van der Waals surface area contributed by atoms with E-state index < -0.39 is 5.82 Å². The molecule has 2 aromatic heterocycles. The van der Waals surface area contributed by atoms with Gasteiger partial charge in [-0.15, -0.1) is 0 Å². The van der Waals surface area contributed by atoms with Crippen LogP contribution in [-0.2, 0) is 11.3 Å². The summed E-state index contributed by atoms with van der Waals surface area (Å²) in [5, 5.41) is 2.46. The average molecular weight is 607 g/mol. The largest absolute Gasteiger partial charge is 0.343 e. The van der Waals surface area contributed by atoms with Gasteiger partial charge in [-0.2, -0.15) is 0 Å². The molecule has 2 fully saturated rings. The number of rotatable bonds is 8. The Morgan fingerprint density at radius 1 is 1.05 bits per heavy atom. The van der Waals surface area contributed by atoms with E-state index in [1.807, 2.05) is 35.7 Å². The maximum Gasteiger partial charge on any atom is 0.343 e. The number of halogens is 1. The number of urea groups is 1. The Kier molecular flexibility index (Phi) is 9.90. The lowest BCUT2D eigenvalue weighted by Crippen LogP contribution is -2.47. The van der Waals surface area contributed by atoms with Gasteiger partial charge in [0, 0.05) is 57.6 Å². The smallest absolute Gasteiger partial charge is 0.339 e. The summed E-state index contributed by atoms with van der Waals surface area (Å²) in [7, 11) is 4.93. The summed E-state index contributed by atoms with van der Waals surface area (Å²) >= 11 is 0. The first-order valence-corrected chi connectivity index (χ1v) is 15.9. The van der Waals surface area contributed by atoms with Gasteiger partial charge in [0.2, 0.25) is 0 Å². The van der Waals surface area contributed by atoms with Gasteiger partial charge in [-0.25, -0.2) is 14.2 Å². The van der Waals surface area contributed by atoms with Crippen molar-refractivity contribution in [3.63, 3.8) is 0 Å². The van der Waals surface area contributed by atoms with Crippen molar-refractivity contribution in [3.8, 4) is 5.69 Å². The summed E-state index contributed by atoms with van der Waals surface area (Å²) < 4.78 is 16.5. The fraction of sp³-hybridized carbons (Fsp3) is 0.559. The van der Waals surface area contributed by atoms with E-state index >= 15 is 0 Å². The van der Waals surface area contributed by atoms with Crippen molar-refractivity contribution >= 4 is 22.8 Å². The molecule has 3 amide bonds. The van der Waals surface area contributed by atoms with Gasteiger partial charge in [0.1, 0.15) is 5.82 Å². The maximum absolute atomic E-state index is 14.4. The molecule has 44 heavy (non-hydrogen) atoms. The van der Waals surface area contributed by atoms with Gasteiger partial charge in [-0.05, 0) is 107 Å². The maximum atomic E-state index is 14.4. The van der Waals surface area contributed by atoms with Gasteiger partial charge in [0.05, 0.1) is 30.1 Å². The monoisotopic (exact) mass is 606 g/mol. The van der Waals surface area contributed by atoms with Gasteiger partial charge in [-0.1, -0.05) is 0 Å². The van der Waals surface area contributed by atoms with Crippen LogP contribution in [0.15, 0.2) is 36.8 Å². The summed E-state index contributed by atoms with van der Waals surface area (Å²) in [5.74, 6) is 0.539. The number of pyridine rings is 1. The van der Waals surface area contributed by atoms with Crippen LogP contribution in [0.2, 0.25) is 0 Å². The van der Waals surface area contributed by atoms with Crippen molar-refractivity contribution in [2.75, 3.05) is 53.9 Å². The minimum Gasteiger partial charge on any atom is -0.339 e. The van der Waals surface area contributed by atoms with Crippen LogP contribution in [0.4, 0.5) is 9.18 Å². The molecule has 238 valence electrons. The third kappa shape index (κ3) is 6.76. The number of piperidine rings is 2. The first-order chi connectivity index (χ1) is 21.1. The van der Waals surface area contributed by atoms with E-state index in [-0.39, 0.29) is 18.0 Å². The fourth-order valence-electron chi connectivity index (χ4n) is 6.74. The third-order valence-electron chi connectivity index (χ3n) is 9.68. The minimum atomic E-state index is -0.426. The van der Waals surface area contributed by atoms with Gasteiger partial charge >= 0.3 is 6.03 Å². The summed E-state index contributed by atoms with van der Waals surface area (Å²) in [6, 6.07) is 4.40. The number of aryl methyl sites for hydroxylation is 1. The van der Waals surface area contributed by atoms with Crippen molar-refractivity contribution in [1.82, 2.24) is 29.3 Å². The van der Waals surface area contributed by atoms with Gasteiger partial charge < -0.3 is 19.3 Å². The van der Waals surface area contributed by atoms with Crippen LogP contribution in [0, 0.1) is 24.6 Å². The molecule has 1 aromatic carbocycles. The quantitative estimate of drug-likeness (QED) is 0.315. The second kappa shape index (κ2) is 13.6. The zero-order valence-corrected chi connectivity index (χ0v) is 27.1. The standard InChI is InChI=1S/C34H47FN6O3/c1-23(2)37(4)33(42)29-18-28(35)7-8-30(29)41-22-27(32-24(3)19-36-20-31(32)41)17-25-9-13-39(14-10-25)21-26-11-15-40(16-12-26)34(43)38(5)44-6/h7-8,18-20,22-23,25-26H,9-17,21H2,1-6H3. The summed E-state index contributed by atoms with van der Waals surface area (Å²) in [6.07, 6.45) is 11.2. The summed E-state index contributed by atoms with van der Waals surface area (Å²) in [5.41, 5.74) is 4.30. The number of amides is 3. The summed E-state index contributed by atoms with van der Waals surface area (Å²) in [6.45, 7) is 10.8. The molecule has 5 rings (SSSR count). The molecular formula is C34H47FN6O3. The molecule has 0 unspecified atom stereocenters. The van der Waals surface area contributed by atoms with Crippen molar-refractivity contribution in [2.24, 2.45) is 11.8 Å². The number of hydroxylamine groups is 2. The normalized spacial score (nSPS) is 17.0. The zero-order chi connectivity index (χ0) is 31.5. The lowest BCUT2D eigenvalue weighted by atomic mass is 9.88. The van der Waals surface area contributed by atoms with Crippen LogP contribution < -0.4 is 0 Å². The molecule has 0 saturated carbocycles. The topological polar surface area (TPSA) is 74.2 Å². The number of fused-ring (bicyclic) bond motifs is 1. The molecule has 0 spiro atoms. The molecule has 2 aliphatic heterocycles. The van der Waals surface area contributed by atoms with E-state index in [1.54, 1.807) is 25.1 Å². The Morgan fingerprint density at radius 3 is 2.39 bits per heavy atom. The van der Waals surface area contributed by atoms with E-state index in [1.165, 1.54) is 35.3 Å². The highest BCUT2D eigenvalue weighted by molar-refractivity contribution is 5.99. The van der Waals surface area contributed by atoms with Crippen LogP contribution in [0.25, 0.3) is 16.6 Å². The molecule has 0 atom stereocenters. The minimum absolute atomic E-state index is 0.00899. The van der Waals surface area contributed by atoms with E-state index in [0.29, 0.717) is 23.1 Å². The average Bonchev–Trinajstić information content (AvgIpc) is 3.39. The number of carbonyl (C=O) groups is 2. The first kappa shape index (κ1) is 31.9.